The van der Waals surface area contributed by atoms with Crippen LogP contribution in [0.15, 0.2) is 84.7 Å². The third-order valence-electron chi connectivity index (χ3n) is 4.12. The number of aromatic nitrogens is 4. The number of rotatable bonds is 4. The van der Waals surface area contributed by atoms with Crippen LogP contribution in [0.4, 0.5) is 0 Å². The van der Waals surface area contributed by atoms with Crippen molar-refractivity contribution in [2.45, 2.75) is 6.42 Å². The van der Waals surface area contributed by atoms with Crippen LogP contribution in [0, 0.1) is 0 Å². The maximum absolute atomic E-state index is 4.59. The molecular formula is C16H17BN6+2. The van der Waals surface area contributed by atoms with E-state index >= 15 is 0 Å². The van der Waals surface area contributed by atoms with Gasteiger partial charge in [0.1, 0.15) is 31.0 Å². The molecule has 0 aromatic carbocycles. The Balaban J connectivity index is 2.08. The summed E-state index contributed by atoms with van der Waals surface area (Å²) < 4.78 is 8.24. The van der Waals surface area contributed by atoms with Gasteiger partial charge in [0.2, 0.25) is 0 Å². The third kappa shape index (κ3) is 2.09. The molecule has 0 saturated carbocycles. The molecule has 1 aliphatic rings. The second kappa shape index (κ2) is 5.60. The Bertz CT molecular complexity index is 803. The lowest BCUT2D eigenvalue weighted by atomic mass is 9.73. The Morgan fingerprint density at radius 2 is 1.48 bits per heavy atom. The summed E-state index contributed by atoms with van der Waals surface area (Å²) in [6, 6.07) is 14.0. The van der Waals surface area contributed by atoms with E-state index in [1.54, 1.807) is 6.20 Å². The molecule has 0 spiro atoms. The molecule has 0 bridgehead atoms. The van der Waals surface area contributed by atoms with Crippen molar-refractivity contribution in [3.8, 4) is 0 Å². The summed E-state index contributed by atoms with van der Waals surface area (Å²) in [6.45, 7) is -1.66. The van der Waals surface area contributed by atoms with Crippen LogP contribution in [0.3, 0.4) is 0 Å². The molecule has 3 aromatic rings. The second-order valence-corrected chi connectivity index (χ2v) is 5.42. The average molecular weight is 304 g/mol. The summed E-state index contributed by atoms with van der Waals surface area (Å²) in [4.78, 5) is 0. The maximum Gasteiger partial charge on any atom is 0.969 e. The van der Waals surface area contributed by atoms with Crippen molar-refractivity contribution in [2.24, 2.45) is 5.10 Å². The Morgan fingerprint density at radius 3 is 1.96 bits per heavy atom. The Hall–Kier alpha value is -3.09. The maximum atomic E-state index is 4.59. The van der Waals surface area contributed by atoms with Gasteiger partial charge in [-0.2, -0.15) is 0 Å². The van der Waals surface area contributed by atoms with Gasteiger partial charge in [-0.25, -0.2) is 9.69 Å². The zero-order valence-electron chi connectivity index (χ0n) is 12.6. The lowest BCUT2D eigenvalue weighted by Gasteiger charge is -2.20. The number of nitrogens with zero attached hydrogens (tertiary/aromatic N) is 6. The van der Waals surface area contributed by atoms with Crippen LogP contribution >= 0.6 is 0 Å². The van der Waals surface area contributed by atoms with Crippen LogP contribution in [0.5, 0.6) is 0 Å². The first-order chi connectivity index (χ1) is 11.4. The van der Waals surface area contributed by atoms with E-state index in [0.29, 0.717) is 0 Å². The number of hydrogen-bond donors (Lipinski definition) is 0. The highest BCUT2D eigenvalue weighted by molar-refractivity contribution is 6.52. The van der Waals surface area contributed by atoms with Crippen LogP contribution in [0.2, 0.25) is 0 Å². The van der Waals surface area contributed by atoms with E-state index < -0.39 is 6.69 Å². The van der Waals surface area contributed by atoms with Crippen LogP contribution in [0.1, 0.15) is 6.42 Å². The summed E-state index contributed by atoms with van der Waals surface area (Å²) in [5.41, 5.74) is 0. The molecule has 1 aliphatic heterocycles. The van der Waals surface area contributed by atoms with Crippen molar-refractivity contribution in [3.63, 3.8) is 0 Å². The van der Waals surface area contributed by atoms with E-state index in [1.807, 2.05) is 88.9 Å². The monoisotopic (exact) mass is 304 g/mol. The van der Waals surface area contributed by atoms with Gasteiger partial charge in [0.15, 0.2) is 0 Å². The summed E-state index contributed by atoms with van der Waals surface area (Å²) in [5.74, 6) is 0. The smallest absolute Gasteiger partial charge is 0.256 e. The molecule has 0 radical (unpaired) electrons. The molecule has 0 saturated heterocycles. The molecule has 0 unspecified atom stereocenters. The van der Waals surface area contributed by atoms with Gasteiger partial charge < -0.3 is 0 Å². The Morgan fingerprint density at radius 1 is 0.826 bits per heavy atom. The first-order valence-corrected chi connectivity index (χ1v) is 7.65. The van der Waals surface area contributed by atoms with Crippen LogP contribution < -0.4 is 8.96 Å². The van der Waals surface area contributed by atoms with E-state index in [9.17, 15) is 0 Å². The summed E-state index contributed by atoms with van der Waals surface area (Å²) in [7, 11) is 0. The van der Waals surface area contributed by atoms with E-state index in [-0.39, 0.29) is 0 Å². The van der Waals surface area contributed by atoms with Gasteiger partial charge in [0.05, 0.1) is 12.6 Å². The van der Waals surface area contributed by atoms with E-state index in [1.165, 1.54) is 0 Å². The van der Waals surface area contributed by atoms with Gasteiger partial charge in [-0.1, -0.05) is 17.2 Å². The fourth-order valence-electron chi connectivity index (χ4n) is 3.17. The Kier molecular flexibility index (Phi) is 3.31. The van der Waals surface area contributed by atoms with Crippen LogP contribution in [0.25, 0.3) is 0 Å². The zero-order valence-corrected chi connectivity index (χ0v) is 12.6. The predicted molar refractivity (Wildman–Crippen MR) is 86.9 cm³/mol. The largest absolute Gasteiger partial charge is 0.969 e. The number of pyridine rings is 2. The van der Waals surface area contributed by atoms with Gasteiger partial charge in [-0.3, -0.25) is 8.96 Å². The molecule has 7 heteroatoms. The van der Waals surface area contributed by atoms with Crippen molar-refractivity contribution in [1.82, 2.24) is 9.69 Å². The molecule has 0 N–H and O–H groups in total. The average Bonchev–Trinajstić information content (AvgIpc) is 3.32. The molecule has 3 aromatic heterocycles. The first kappa shape index (κ1) is 13.6. The third-order valence-corrected chi connectivity index (χ3v) is 4.12. The van der Waals surface area contributed by atoms with Gasteiger partial charge >= 0.3 is 6.69 Å². The van der Waals surface area contributed by atoms with Gasteiger partial charge in [0.25, 0.3) is 0 Å². The molecule has 0 atom stereocenters. The minimum Gasteiger partial charge on any atom is -0.256 e. The minimum absolute atomic E-state index is 0.811. The molecule has 4 rings (SSSR count). The lowest BCUT2D eigenvalue weighted by molar-refractivity contribution is -0.776. The van der Waals surface area contributed by atoms with Crippen LogP contribution in [-0.2, 0) is 0 Å². The highest BCUT2D eigenvalue weighted by Gasteiger charge is 2.70. The molecule has 0 amide bonds. The standard InChI is InChI=1S/C16H17BN6/c1-3-11-20(12-4-1)17(22-15-7-9-18-22,23-16-8-10-19-23)21-13-5-2-6-14-21/h1-7,9-16H,8H2/q+2. The van der Waals surface area contributed by atoms with Crippen molar-refractivity contribution in [1.29, 1.82) is 0 Å². The summed E-state index contributed by atoms with van der Waals surface area (Å²) in [5, 5.41) is 9.15. The molecule has 0 fully saturated rings. The topological polar surface area (TPSA) is 41.0 Å². The molecule has 112 valence electrons. The first-order valence-electron chi connectivity index (χ1n) is 7.65. The van der Waals surface area contributed by atoms with Crippen molar-refractivity contribution in [3.05, 3.63) is 79.6 Å². The molecule has 4 heterocycles. The van der Waals surface area contributed by atoms with Crippen molar-refractivity contribution >= 4 is 19.1 Å². The minimum atomic E-state index is -1.66. The Labute approximate surface area is 134 Å². The second-order valence-electron chi connectivity index (χ2n) is 5.42. The van der Waals surface area contributed by atoms with Gasteiger partial charge in [0, 0.05) is 12.4 Å². The van der Waals surface area contributed by atoms with Crippen LogP contribution in [-0.4, -0.2) is 33.4 Å². The highest BCUT2D eigenvalue weighted by Crippen LogP contribution is 2.05. The molecule has 0 aliphatic carbocycles. The fourth-order valence-corrected chi connectivity index (χ4v) is 3.17. The zero-order chi connectivity index (χ0) is 15.5. The summed E-state index contributed by atoms with van der Waals surface area (Å²) in [6.07, 6.45) is 16.8. The molecular weight excluding hydrogens is 287 g/mol. The normalized spacial score (nSPS) is 14.0. The summed E-state index contributed by atoms with van der Waals surface area (Å²) >= 11 is 0. The molecule has 6 nitrogen and oxygen atoms in total. The van der Waals surface area contributed by atoms with E-state index in [4.69, 9.17) is 0 Å². The number of hydrazone groups is 1. The van der Waals surface area contributed by atoms with Crippen molar-refractivity contribution in [2.75, 3.05) is 0 Å². The highest BCUT2D eigenvalue weighted by atomic mass is 15.5. The van der Waals surface area contributed by atoms with Crippen molar-refractivity contribution < 1.29 is 13.6 Å². The van der Waals surface area contributed by atoms with E-state index in [0.717, 1.165) is 6.42 Å². The molecule has 23 heavy (non-hydrogen) atoms. The van der Waals surface area contributed by atoms with E-state index in [2.05, 4.69) is 25.4 Å². The fraction of sp³-hybridized carbons (Fsp3) is 0.0625. The quantitative estimate of drug-likeness (QED) is 0.640. The van der Waals surface area contributed by atoms with Gasteiger partial charge in [-0.05, 0) is 30.3 Å². The van der Waals surface area contributed by atoms with Gasteiger partial charge in [-0.15, -0.1) is 4.60 Å². The predicted octanol–water partition coefficient (Wildman–Crippen LogP) is 0.311. The SMILES string of the molecule is C1=N[N+]([B-](n2cccn2)([n+]2ccccc2)[n+]2ccccc2)=CC1. The number of hydrogen-bond acceptors (Lipinski definition) is 2. The lowest BCUT2D eigenvalue weighted by Crippen LogP contribution is -2.90.